The molecule has 0 saturated heterocycles. The molecule has 0 aliphatic rings. The predicted octanol–water partition coefficient (Wildman–Crippen LogP) is 1.63. The van der Waals surface area contributed by atoms with Crippen LogP contribution in [0.4, 0.5) is 5.69 Å². The number of nitrogens with two attached hydrogens (primary N) is 1. The van der Waals surface area contributed by atoms with E-state index in [4.69, 9.17) is 10.2 Å². The van der Waals surface area contributed by atoms with E-state index in [9.17, 15) is 0 Å². The van der Waals surface area contributed by atoms with Gasteiger partial charge < -0.3 is 10.2 Å². The topological polar surface area (TPSA) is 64.9 Å². The highest BCUT2D eigenvalue weighted by atomic mass is 16.4. The van der Waals surface area contributed by atoms with Crippen LogP contribution in [0.5, 0.6) is 0 Å². The second-order valence-electron chi connectivity index (χ2n) is 2.83. The first-order chi connectivity index (χ1) is 6.27. The highest BCUT2D eigenvalue weighted by Crippen LogP contribution is 2.24. The summed E-state index contributed by atoms with van der Waals surface area (Å²) in [5.41, 5.74) is 8.33. The van der Waals surface area contributed by atoms with E-state index >= 15 is 0 Å². The molecule has 0 radical (unpaired) electrons. The number of aryl methyl sites for hydroxylation is 1. The van der Waals surface area contributed by atoms with Gasteiger partial charge in [0.25, 0.3) is 0 Å². The van der Waals surface area contributed by atoms with Crippen molar-refractivity contribution >= 4 is 5.69 Å². The van der Waals surface area contributed by atoms with Crippen LogP contribution < -0.4 is 5.73 Å². The number of benzene rings is 1. The van der Waals surface area contributed by atoms with Crippen LogP contribution in [0, 0.1) is 6.92 Å². The number of hydrogen-bond donors (Lipinski definition) is 1. The monoisotopic (exact) mass is 175 g/mol. The van der Waals surface area contributed by atoms with Crippen molar-refractivity contribution in [2.45, 2.75) is 6.92 Å². The fourth-order valence-corrected chi connectivity index (χ4v) is 1.17. The highest BCUT2D eigenvalue weighted by Gasteiger charge is 2.06. The zero-order valence-electron chi connectivity index (χ0n) is 7.19. The summed E-state index contributed by atoms with van der Waals surface area (Å²) >= 11 is 0. The van der Waals surface area contributed by atoms with Crippen LogP contribution in [0.15, 0.2) is 29.0 Å². The quantitative estimate of drug-likeness (QED) is 0.669. The van der Waals surface area contributed by atoms with Gasteiger partial charge in [-0.15, -0.1) is 10.2 Å². The van der Waals surface area contributed by atoms with E-state index in [2.05, 4.69) is 10.2 Å². The van der Waals surface area contributed by atoms with Gasteiger partial charge in [0.15, 0.2) is 0 Å². The number of anilines is 1. The summed E-state index contributed by atoms with van der Waals surface area (Å²) in [6, 6.07) is 5.70. The van der Waals surface area contributed by atoms with Gasteiger partial charge in [0, 0.05) is 5.69 Å². The molecular formula is C9H9N3O. The van der Waals surface area contributed by atoms with Crippen molar-refractivity contribution in [3.63, 3.8) is 0 Å². The van der Waals surface area contributed by atoms with Crippen LogP contribution in [0.1, 0.15) is 5.56 Å². The zero-order chi connectivity index (χ0) is 9.26. The molecule has 2 rings (SSSR count). The summed E-state index contributed by atoms with van der Waals surface area (Å²) in [6.45, 7) is 1.98. The Kier molecular flexibility index (Phi) is 1.73. The molecule has 0 aliphatic carbocycles. The lowest BCUT2D eigenvalue weighted by molar-refractivity contribution is 0.569. The number of nitrogens with zero attached hydrogens (tertiary/aromatic N) is 2. The third kappa shape index (κ3) is 1.38. The molecule has 1 aromatic carbocycles. The molecule has 0 atom stereocenters. The molecule has 4 heteroatoms. The fourth-order valence-electron chi connectivity index (χ4n) is 1.17. The Morgan fingerprint density at radius 3 is 2.85 bits per heavy atom. The maximum Gasteiger partial charge on any atom is 0.249 e. The predicted molar refractivity (Wildman–Crippen MR) is 48.9 cm³/mol. The van der Waals surface area contributed by atoms with Gasteiger partial charge in [0.2, 0.25) is 12.3 Å². The van der Waals surface area contributed by atoms with E-state index in [0.29, 0.717) is 11.6 Å². The van der Waals surface area contributed by atoms with Crippen molar-refractivity contribution in [1.29, 1.82) is 0 Å². The minimum atomic E-state index is 0.456. The summed E-state index contributed by atoms with van der Waals surface area (Å²) in [5, 5.41) is 7.37. The number of hydrogen-bond acceptors (Lipinski definition) is 4. The van der Waals surface area contributed by atoms with Gasteiger partial charge in [0.1, 0.15) is 0 Å². The molecule has 0 amide bonds. The van der Waals surface area contributed by atoms with Gasteiger partial charge >= 0.3 is 0 Å². The van der Waals surface area contributed by atoms with Gasteiger partial charge in [-0.3, -0.25) is 0 Å². The molecule has 1 heterocycles. The average Bonchev–Trinajstić information content (AvgIpc) is 2.56. The van der Waals surface area contributed by atoms with E-state index in [-0.39, 0.29) is 0 Å². The molecule has 2 aromatic rings. The second kappa shape index (κ2) is 2.90. The van der Waals surface area contributed by atoms with E-state index < -0.39 is 0 Å². The summed E-state index contributed by atoms with van der Waals surface area (Å²) in [4.78, 5) is 0. The van der Waals surface area contributed by atoms with Gasteiger partial charge in [-0.2, -0.15) is 0 Å². The minimum absolute atomic E-state index is 0.456. The molecule has 0 fully saturated rings. The van der Waals surface area contributed by atoms with Crippen molar-refractivity contribution < 1.29 is 4.42 Å². The van der Waals surface area contributed by atoms with Crippen molar-refractivity contribution in [3.05, 3.63) is 30.2 Å². The molecule has 0 saturated carbocycles. The van der Waals surface area contributed by atoms with E-state index in [1.807, 2.05) is 25.1 Å². The lowest BCUT2D eigenvalue weighted by Crippen LogP contribution is -1.90. The smallest absolute Gasteiger partial charge is 0.249 e. The Labute approximate surface area is 75.4 Å². The summed E-state index contributed by atoms with van der Waals surface area (Å²) < 4.78 is 5.04. The highest BCUT2D eigenvalue weighted by molar-refractivity contribution is 5.70. The summed E-state index contributed by atoms with van der Waals surface area (Å²) in [5.74, 6) is 0.456. The Bertz CT molecular complexity index is 409. The molecule has 0 unspecified atom stereocenters. The third-order valence-electron chi connectivity index (χ3n) is 1.80. The van der Waals surface area contributed by atoms with Crippen LogP contribution in [-0.2, 0) is 0 Å². The van der Waals surface area contributed by atoms with Crippen molar-refractivity contribution in [2.24, 2.45) is 0 Å². The summed E-state index contributed by atoms with van der Waals surface area (Å²) in [6.07, 6.45) is 1.29. The first kappa shape index (κ1) is 7.79. The minimum Gasteiger partial charge on any atom is -0.423 e. The van der Waals surface area contributed by atoms with E-state index in [1.165, 1.54) is 6.39 Å². The SMILES string of the molecule is Cc1ccc(-c2nnco2)c(N)c1. The lowest BCUT2D eigenvalue weighted by atomic mass is 10.1. The molecule has 66 valence electrons. The molecule has 13 heavy (non-hydrogen) atoms. The first-order valence-electron chi connectivity index (χ1n) is 3.90. The van der Waals surface area contributed by atoms with Crippen LogP contribution in [0.3, 0.4) is 0 Å². The normalized spacial score (nSPS) is 10.2. The first-order valence-corrected chi connectivity index (χ1v) is 3.90. The fraction of sp³-hybridized carbons (Fsp3) is 0.111. The second-order valence-corrected chi connectivity index (χ2v) is 2.83. The standard InChI is InChI=1S/C9H9N3O/c1-6-2-3-7(8(10)4-6)9-12-11-5-13-9/h2-5H,10H2,1H3. The van der Waals surface area contributed by atoms with Crippen LogP contribution in [0.2, 0.25) is 0 Å². The van der Waals surface area contributed by atoms with Gasteiger partial charge in [-0.1, -0.05) is 6.07 Å². The molecule has 4 nitrogen and oxygen atoms in total. The lowest BCUT2D eigenvalue weighted by Gasteiger charge is -2.00. The number of rotatable bonds is 1. The van der Waals surface area contributed by atoms with Crippen LogP contribution in [-0.4, -0.2) is 10.2 Å². The van der Waals surface area contributed by atoms with Gasteiger partial charge in [-0.25, -0.2) is 0 Å². The largest absolute Gasteiger partial charge is 0.423 e. The average molecular weight is 175 g/mol. The molecular weight excluding hydrogens is 166 g/mol. The molecule has 2 N–H and O–H groups in total. The van der Waals surface area contributed by atoms with Gasteiger partial charge in [-0.05, 0) is 24.6 Å². The Morgan fingerprint density at radius 2 is 2.23 bits per heavy atom. The summed E-state index contributed by atoms with van der Waals surface area (Å²) in [7, 11) is 0. The molecule has 0 aliphatic heterocycles. The maximum absolute atomic E-state index is 5.78. The maximum atomic E-state index is 5.78. The van der Waals surface area contributed by atoms with Crippen LogP contribution >= 0.6 is 0 Å². The Hall–Kier alpha value is -1.84. The third-order valence-corrected chi connectivity index (χ3v) is 1.80. The van der Waals surface area contributed by atoms with Gasteiger partial charge in [0.05, 0.1) is 5.56 Å². The molecule has 0 bridgehead atoms. The van der Waals surface area contributed by atoms with Crippen molar-refractivity contribution in [1.82, 2.24) is 10.2 Å². The van der Waals surface area contributed by atoms with Crippen molar-refractivity contribution in [3.8, 4) is 11.5 Å². The van der Waals surface area contributed by atoms with E-state index in [0.717, 1.165) is 11.1 Å². The Balaban J connectivity index is 2.53. The Morgan fingerprint density at radius 1 is 1.38 bits per heavy atom. The molecule has 0 spiro atoms. The van der Waals surface area contributed by atoms with Crippen LogP contribution in [0.25, 0.3) is 11.5 Å². The van der Waals surface area contributed by atoms with Crippen molar-refractivity contribution in [2.75, 3.05) is 5.73 Å². The molecule has 1 aromatic heterocycles. The number of aromatic nitrogens is 2. The zero-order valence-corrected chi connectivity index (χ0v) is 7.19. The van der Waals surface area contributed by atoms with E-state index in [1.54, 1.807) is 0 Å². The number of nitrogen functional groups attached to an aromatic ring is 1.